The first-order valence-electron chi connectivity index (χ1n) is 8.31. The summed E-state index contributed by atoms with van der Waals surface area (Å²) in [7, 11) is 0. The molecule has 0 aliphatic heterocycles. The van der Waals surface area contributed by atoms with E-state index in [1.807, 2.05) is 6.92 Å². The Hall–Kier alpha value is -0.900. The number of unbranched alkanes of at least 4 members (excludes halogenated alkanes) is 7. The molecule has 0 aromatic carbocycles. The van der Waals surface area contributed by atoms with E-state index in [9.17, 15) is 0 Å². The lowest BCUT2D eigenvalue weighted by atomic mass is 10.1. The fourth-order valence-electron chi connectivity index (χ4n) is 2.41. The molecule has 20 heavy (non-hydrogen) atoms. The summed E-state index contributed by atoms with van der Waals surface area (Å²) in [6.45, 7) is 7.29. The van der Waals surface area contributed by atoms with Gasteiger partial charge in [-0.05, 0) is 19.4 Å². The van der Waals surface area contributed by atoms with E-state index in [2.05, 4.69) is 29.3 Å². The Balaban J connectivity index is 2.02. The van der Waals surface area contributed by atoms with E-state index in [0.29, 0.717) is 5.89 Å². The minimum atomic E-state index is 0.233. The highest BCUT2D eigenvalue weighted by Gasteiger charge is 2.14. The van der Waals surface area contributed by atoms with E-state index in [1.54, 1.807) is 0 Å². The van der Waals surface area contributed by atoms with Crippen LogP contribution in [0.15, 0.2) is 4.52 Å². The number of nitrogens with one attached hydrogen (secondary N) is 1. The van der Waals surface area contributed by atoms with Crippen LogP contribution in [0.25, 0.3) is 0 Å². The number of aryl methyl sites for hydroxylation is 1. The molecule has 1 heterocycles. The second kappa shape index (κ2) is 10.8. The summed E-state index contributed by atoms with van der Waals surface area (Å²) in [6, 6.07) is 0.233. The molecule has 0 saturated heterocycles. The van der Waals surface area contributed by atoms with Crippen molar-refractivity contribution in [2.24, 2.45) is 0 Å². The highest BCUT2D eigenvalue weighted by molar-refractivity contribution is 4.92. The summed E-state index contributed by atoms with van der Waals surface area (Å²) in [4.78, 5) is 4.30. The van der Waals surface area contributed by atoms with Gasteiger partial charge in [0.15, 0.2) is 5.82 Å². The van der Waals surface area contributed by atoms with Crippen molar-refractivity contribution in [3.63, 3.8) is 0 Å². The van der Waals surface area contributed by atoms with Crippen molar-refractivity contribution in [1.82, 2.24) is 15.5 Å². The maximum atomic E-state index is 5.04. The smallest absolute Gasteiger partial charge is 0.223 e. The van der Waals surface area contributed by atoms with Gasteiger partial charge in [0.05, 0.1) is 6.04 Å². The first kappa shape index (κ1) is 17.2. The topological polar surface area (TPSA) is 51.0 Å². The van der Waals surface area contributed by atoms with Crippen molar-refractivity contribution in [2.45, 2.75) is 84.6 Å². The van der Waals surface area contributed by atoms with E-state index >= 15 is 0 Å². The minimum Gasteiger partial charge on any atom is -0.340 e. The summed E-state index contributed by atoms with van der Waals surface area (Å²) in [5.74, 6) is 1.44. The zero-order valence-electron chi connectivity index (χ0n) is 13.5. The molecule has 0 saturated carbocycles. The number of hydrogen-bond donors (Lipinski definition) is 1. The minimum absolute atomic E-state index is 0.233. The standard InChI is InChI=1S/C16H31N3O/c1-4-6-7-8-9-10-11-12-13-17-15(5-2)16-18-14(3)20-19-16/h15,17H,4-13H2,1-3H3. The van der Waals surface area contributed by atoms with E-state index in [-0.39, 0.29) is 6.04 Å². The van der Waals surface area contributed by atoms with E-state index in [1.165, 1.54) is 51.4 Å². The molecule has 4 nitrogen and oxygen atoms in total. The molecule has 0 bridgehead atoms. The second-order valence-electron chi connectivity index (χ2n) is 5.56. The van der Waals surface area contributed by atoms with Crippen LogP contribution in [-0.2, 0) is 0 Å². The molecule has 0 aliphatic carbocycles. The Morgan fingerprint density at radius 3 is 2.20 bits per heavy atom. The van der Waals surface area contributed by atoms with Crippen LogP contribution in [0.2, 0.25) is 0 Å². The van der Waals surface area contributed by atoms with Gasteiger partial charge in [-0.3, -0.25) is 0 Å². The van der Waals surface area contributed by atoms with Gasteiger partial charge in [0.25, 0.3) is 0 Å². The Morgan fingerprint density at radius 2 is 1.65 bits per heavy atom. The van der Waals surface area contributed by atoms with Gasteiger partial charge in [0, 0.05) is 6.92 Å². The molecule has 0 spiro atoms. The van der Waals surface area contributed by atoms with Gasteiger partial charge >= 0.3 is 0 Å². The predicted molar refractivity (Wildman–Crippen MR) is 82.7 cm³/mol. The Labute approximate surface area is 123 Å². The molecular formula is C16H31N3O. The predicted octanol–water partition coefficient (Wildman–Crippen LogP) is 4.56. The zero-order valence-corrected chi connectivity index (χ0v) is 13.5. The summed E-state index contributed by atoms with van der Waals surface area (Å²) in [5.41, 5.74) is 0. The quantitative estimate of drug-likeness (QED) is 0.571. The largest absolute Gasteiger partial charge is 0.340 e. The van der Waals surface area contributed by atoms with Gasteiger partial charge in [-0.2, -0.15) is 4.98 Å². The molecule has 0 amide bonds. The van der Waals surface area contributed by atoms with Crippen molar-refractivity contribution < 1.29 is 4.52 Å². The summed E-state index contributed by atoms with van der Waals surface area (Å²) in [5, 5.41) is 7.52. The van der Waals surface area contributed by atoms with E-state index in [4.69, 9.17) is 4.52 Å². The SMILES string of the molecule is CCCCCCCCCCNC(CC)c1noc(C)n1. The summed E-state index contributed by atoms with van der Waals surface area (Å²) in [6.07, 6.45) is 11.8. The third kappa shape index (κ3) is 7.04. The van der Waals surface area contributed by atoms with Gasteiger partial charge < -0.3 is 9.84 Å². The molecule has 0 radical (unpaired) electrons. The first-order chi connectivity index (χ1) is 9.77. The second-order valence-corrected chi connectivity index (χ2v) is 5.56. The molecule has 0 fully saturated rings. The Morgan fingerprint density at radius 1 is 1.00 bits per heavy atom. The van der Waals surface area contributed by atoms with Crippen LogP contribution in [0.3, 0.4) is 0 Å². The van der Waals surface area contributed by atoms with Crippen molar-refractivity contribution in [2.75, 3.05) is 6.54 Å². The van der Waals surface area contributed by atoms with Gasteiger partial charge in [0.1, 0.15) is 0 Å². The average molecular weight is 281 g/mol. The number of rotatable bonds is 12. The van der Waals surface area contributed by atoms with Crippen LogP contribution in [0, 0.1) is 6.92 Å². The molecule has 1 aromatic rings. The zero-order chi connectivity index (χ0) is 14.6. The van der Waals surface area contributed by atoms with Crippen LogP contribution >= 0.6 is 0 Å². The average Bonchev–Trinajstić information content (AvgIpc) is 2.87. The molecule has 4 heteroatoms. The van der Waals surface area contributed by atoms with Crippen LogP contribution in [0.1, 0.15) is 89.4 Å². The maximum Gasteiger partial charge on any atom is 0.223 e. The molecule has 116 valence electrons. The fraction of sp³-hybridized carbons (Fsp3) is 0.875. The van der Waals surface area contributed by atoms with E-state index < -0.39 is 0 Å². The van der Waals surface area contributed by atoms with Gasteiger partial charge in [-0.25, -0.2) is 0 Å². The highest BCUT2D eigenvalue weighted by atomic mass is 16.5. The van der Waals surface area contributed by atoms with Crippen molar-refractivity contribution in [1.29, 1.82) is 0 Å². The molecule has 0 aliphatic rings. The van der Waals surface area contributed by atoms with E-state index in [0.717, 1.165) is 18.8 Å². The molecular weight excluding hydrogens is 250 g/mol. The van der Waals surface area contributed by atoms with Crippen LogP contribution in [0.4, 0.5) is 0 Å². The number of hydrogen-bond acceptors (Lipinski definition) is 4. The van der Waals surface area contributed by atoms with Crippen LogP contribution in [-0.4, -0.2) is 16.7 Å². The van der Waals surface area contributed by atoms with Gasteiger partial charge in [-0.15, -0.1) is 0 Å². The van der Waals surface area contributed by atoms with Crippen molar-refractivity contribution in [3.05, 3.63) is 11.7 Å². The lowest BCUT2D eigenvalue weighted by molar-refractivity contribution is 0.374. The normalized spacial score (nSPS) is 12.8. The van der Waals surface area contributed by atoms with Gasteiger partial charge in [-0.1, -0.05) is 63.9 Å². The van der Waals surface area contributed by atoms with Crippen molar-refractivity contribution in [3.8, 4) is 0 Å². The highest BCUT2D eigenvalue weighted by Crippen LogP contribution is 2.13. The van der Waals surface area contributed by atoms with Crippen molar-refractivity contribution >= 4 is 0 Å². The monoisotopic (exact) mass is 281 g/mol. The third-order valence-electron chi connectivity index (χ3n) is 3.68. The van der Waals surface area contributed by atoms with Crippen LogP contribution in [0.5, 0.6) is 0 Å². The maximum absolute atomic E-state index is 5.04. The fourth-order valence-corrected chi connectivity index (χ4v) is 2.41. The Bertz CT molecular complexity index is 338. The molecule has 1 unspecified atom stereocenters. The molecule has 1 aromatic heterocycles. The third-order valence-corrected chi connectivity index (χ3v) is 3.68. The lowest BCUT2D eigenvalue weighted by Crippen LogP contribution is -2.23. The number of nitrogens with zero attached hydrogens (tertiary/aromatic N) is 2. The van der Waals surface area contributed by atoms with Gasteiger partial charge in [0.2, 0.25) is 5.89 Å². The molecule has 1 rings (SSSR count). The number of aromatic nitrogens is 2. The Kier molecular flexibility index (Phi) is 9.29. The van der Waals surface area contributed by atoms with Crippen LogP contribution < -0.4 is 5.32 Å². The molecule has 1 atom stereocenters. The summed E-state index contributed by atoms with van der Waals surface area (Å²) >= 11 is 0. The molecule has 1 N–H and O–H groups in total. The lowest BCUT2D eigenvalue weighted by Gasteiger charge is -2.12. The first-order valence-corrected chi connectivity index (χ1v) is 8.31. The summed E-state index contributed by atoms with van der Waals surface area (Å²) < 4.78 is 5.04.